The van der Waals surface area contributed by atoms with Crippen LogP contribution in [0.2, 0.25) is 0 Å². The number of fused-ring (bicyclic) bond motifs is 1. The van der Waals surface area contributed by atoms with E-state index in [2.05, 4.69) is 23.6 Å². The highest BCUT2D eigenvalue weighted by atomic mass is 32.2. The molecule has 1 heterocycles. The number of aliphatic hydroxyl groups is 1. The Kier molecular flexibility index (Phi) is 8.64. The maximum Gasteiger partial charge on any atom is 0.258 e. The first-order valence-electron chi connectivity index (χ1n) is 12.0. The molecule has 1 aliphatic heterocycles. The van der Waals surface area contributed by atoms with Gasteiger partial charge in [-0.15, -0.1) is 0 Å². The van der Waals surface area contributed by atoms with Gasteiger partial charge in [-0.25, -0.2) is 8.42 Å². The van der Waals surface area contributed by atoms with Gasteiger partial charge in [0.15, 0.2) is 0 Å². The summed E-state index contributed by atoms with van der Waals surface area (Å²) in [4.78, 5) is 17.4. The van der Waals surface area contributed by atoms with Gasteiger partial charge in [0.2, 0.25) is 10.0 Å². The molecular weight excluding hydrogens is 442 g/mol. The molecule has 1 fully saturated rings. The Balaban J connectivity index is 1.86. The van der Waals surface area contributed by atoms with Gasteiger partial charge in [0.25, 0.3) is 5.91 Å². The van der Waals surface area contributed by atoms with Crippen molar-refractivity contribution in [1.29, 1.82) is 0 Å². The minimum absolute atomic E-state index is 0.0544. The van der Waals surface area contributed by atoms with E-state index in [1.54, 1.807) is 17.0 Å². The van der Waals surface area contributed by atoms with Gasteiger partial charge in [0.1, 0.15) is 11.9 Å². The molecule has 1 amide bonds. The van der Waals surface area contributed by atoms with Gasteiger partial charge >= 0.3 is 0 Å². The number of rotatable bonds is 8. The molecule has 186 valence electrons. The van der Waals surface area contributed by atoms with Gasteiger partial charge in [0.05, 0.1) is 24.5 Å². The zero-order valence-electron chi connectivity index (χ0n) is 20.3. The third kappa shape index (κ3) is 7.07. The third-order valence-electron chi connectivity index (χ3n) is 6.75. The summed E-state index contributed by atoms with van der Waals surface area (Å²) in [7, 11) is -1.36. The topological polar surface area (TPSA) is 99.2 Å². The fourth-order valence-corrected chi connectivity index (χ4v) is 5.47. The summed E-state index contributed by atoms with van der Waals surface area (Å²) in [6, 6.07) is 4.43. The van der Waals surface area contributed by atoms with Crippen LogP contribution >= 0.6 is 0 Å². The smallest absolute Gasteiger partial charge is 0.258 e. The average Bonchev–Trinajstić information content (AvgIpc) is 2.75. The van der Waals surface area contributed by atoms with E-state index < -0.39 is 10.0 Å². The second kappa shape index (κ2) is 11.1. The maximum atomic E-state index is 13.4. The van der Waals surface area contributed by atoms with Crippen molar-refractivity contribution in [2.24, 2.45) is 11.8 Å². The van der Waals surface area contributed by atoms with E-state index in [9.17, 15) is 18.3 Å². The van der Waals surface area contributed by atoms with Gasteiger partial charge in [-0.3, -0.25) is 9.52 Å². The van der Waals surface area contributed by atoms with Crippen molar-refractivity contribution in [1.82, 2.24) is 9.80 Å². The van der Waals surface area contributed by atoms with Gasteiger partial charge < -0.3 is 19.6 Å². The molecule has 3 rings (SSSR count). The van der Waals surface area contributed by atoms with E-state index in [4.69, 9.17) is 4.74 Å². The predicted octanol–water partition coefficient (Wildman–Crippen LogP) is 2.79. The summed E-state index contributed by atoms with van der Waals surface area (Å²) in [5, 5.41) is 9.78. The molecule has 3 atom stereocenters. The normalized spacial score (nSPS) is 23.5. The van der Waals surface area contributed by atoms with E-state index in [0.29, 0.717) is 23.5 Å². The fourth-order valence-electron chi connectivity index (χ4n) is 4.91. The first kappa shape index (κ1) is 25.8. The number of sulfonamides is 1. The van der Waals surface area contributed by atoms with Crippen LogP contribution in [0.1, 0.15) is 56.3 Å². The minimum Gasteiger partial charge on any atom is -0.488 e. The number of likely N-dealkylation sites (N-methyl/N-ethyl adjacent to an activating group) is 1. The average molecular weight is 482 g/mol. The number of carbonyl (C=O) groups excluding carboxylic acids is 1. The third-order valence-corrected chi connectivity index (χ3v) is 7.36. The minimum atomic E-state index is -3.48. The molecule has 2 aliphatic rings. The summed E-state index contributed by atoms with van der Waals surface area (Å²) in [5.74, 6) is 0.942. The summed E-state index contributed by atoms with van der Waals surface area (Å²) in [6.07, 6.45) is 7.43. The van der Waals surface area contributed by atoms with Gasteiger partial charge in [-0.05, 0) is 50.9 Å². The van der Waals surface area contributed by atoms with Crippen LogP contribution in [0.25, 0.3) is 0 Å². The van der Waals surface area contributed by atoms with Crippen molar-refractivity contribution in [3.8, 4) is 5.75 Å². The monoisotopic (exact) mass is 481 g/mol. The Hall–Kier alpha value is -1.84. The zero-order valence-corrected chi connectivity index (χ0v) is 21.1. The second-order valence-corrected chi connectivity index (χ2v) is 11.7. The Bertz CT molecular complexity index is 917. The number of hydrogen-bond acceptors (Lipinski definition) is 6. The number of hydrogen-bond donors (Lipinski definition) is 2. The van der Waals surface area contributed by atoms with E-state index in [-0.39, 0.29) is 30.6 Å². The van der Waals surface area contributed by atoms with E-state index >= 15 is 0 Å². The molecule has 0 bridgehead atoms. The van der Waals surface area contributed by atoms with Gasteiger partial charge in [0, 0.05) is 31.2 Å². The summed E-state index contributed by atoms with van der Waals surface area (Å²) >= 11 is 0. The number of nitrogens with zero attached hydrogens (tertiary/aromatic N) is 2. The second-order valence-electron chi connectivity index (χ2n) is 9.93. The van der Waals surface area contributed by atoms with Crippen molar-refractivity contribution < 1.29 is 23.1 Å². The van der Waals surface area contributed by atoms with Crippen LogP contribution in [0.5, 0.6) is 5.75 Å². The van der Waals surface area contributed by atoms with Crippen molar-refractivity contribution in [2.45, 2.75) is 58.1 Å². The first-order chi connectivity index (χ1) is 15.6. The quantitative estimate of drug-likeness (QED) is 0.592. The number of carbonyl (C=O) groups is 1. The molecule has 8 nitrogen and oxygen atoms in total. The Labute approximate surface area is 198 Å². The molecule has 0 unspecified atom stereocenters. The largest absolute Gasteiger partial charge is 0.488 e. The molecule has 0 saturated heterocycles. The highest BCUT2D eigenvalue weighted by molar-refractivity contribution is 7.92. The van der Waals surface area contributed by atoms with Crippen LogP contribution in [0.3, 0.4) is 0 Å². The van der Waals surface area contributed by atoms with Crippen molar-refractivity contribution in [2.75, 3.05) is 44.3 Å². The Morgan fingerprint density at radius 3 is 2.58 bits per heavy atom. The lowest BCUT2D eigenvalue weighted by atomic mass is 9.89. The number of ether oxygens (including phenoxy) is 1. The van der Waals surface area contributed by atoms with Crippen LogP contribution in [0, 0.1) is 11.8 Å². The lowest BCUT2D eigenvalue weighted by Crippen LogP contribution is -2.50. The van der Waals surface area contributed by atoms with Crippen LogP contribution in [0.4, 0.5) is 5.69 Å². The Morgan fingerprint density at radius 2 is 1.94 bits per heavy atom. The van der Waals surface area contributed by atoms with Crippen molar-refractivity contribution >= 4 is 21.6 Å². The van der Waals surface area contributed by atoms with Crippen molar-refractivity contribution in [3.63, 3.8) is 0 Å². The van der Waals surface area contributed by atoms with Crippen LogP contribution in [0.15, 0.2) is 18.2 Å². The van der Waals surface area contributed by atoms with E-state index in [0.717, 1.165) is 25.3 Å². The molecule has 2 N–H and O–H groups in total. The van der Waals surface area contributed by atoms with Crippen LogP contribution in [-0.2, 0) is 10.0 Å². The summed E-state index contributed by atoms with van der Waals surface area (Å²) in [5.41, 5.74) is 0.611. The molecule has 1 aromatic carbocycles. The number of benzene rings is 1. The number of nitrogens with one attached hydrogen (secondary N) is 1. The highest BCUT2D eigenvalue weighted by Crippen LogP contribution is 2.31. The molecule has 1 aliphatic carbocycles. The molecule has 0 radical (unpaired) electrons. The lowest BCUT2D eigenvalue weighted by molar-refractivity contribution is 0.0330. The molecular formula is C24H39N3O5S. The van der Waals surface area contributed by atoms with Crippen molar-refractivity contribution in [3.05, 3.63) is 23.8 Å². The fraction of sp³-hybridized carbons (Fsp3) is 0.708. The first-order valence-corrected chi connectivity index (χ1v) is 13.9. The molecule has 0 spiro atoms. The zero-order chi connectivity index (χ0) is 24.2. The van der Waals surface area contributed by atoms with E-state index in [1.807, 2.05) is 6.92 Å². The predicted molar refractivity (Wildman–Crippen MR) is 130 cm³/mol. The number of anilines is 1. The maximum absolute atomic E-state index is 13.4. The summed E-state index contributed by atoms with van der Waals surface area (Å²) in [6.45, 7) is 5.96. The van der Waals surface area contributed by atoms with Crippen LogP contribution in [-0.4, -0.2) is 80.9 Å². The Morgan fingerprint density at radius 1 is 1.24 bits per heavy atom. The SMILES string of the molecule is C[C@@H]1CN([C@H](C)CO)C(=O)c2cc(NS(C)(=O)=O)ccc2O[C@@H]1CN(C)CC1CCCCC1. The van der Waals surface area contributed by atoms with Gasteiger partial charge in [-0.1, -0.05) is 26.2 Å². The molecule has 33 heavy (non-hydrogen) atoms. The molecule has 9 heteroatoms. The summed E-state index contributed by atoms with van der Waals surface area (Å²) < 4.78 is 32.2. The van der Waals surface area contributed by atoms with Crippen LogP contribution < -0.4 is 9.46 Å². The standard InChI is InChI=1S/C24H39N3O5S/c1-17-13-27(18(2)16-28)24(29)21-12-20(25-33(4,30)31)10-11-22(21)32-23(17)15-26(3)14-19-8-6-5-7-9-19/h10-12,17-19,23,25,28H,5-9,13-16H2,1-4H3/t17-,18-,23-/m1/s1. The molecule has 1 saturated carbocycles. The lowest BCUT2D eigenvalue weighted by Gasteiger charge is -2.38. The number of aliphatic hydroxyl groups excluding tert-OH is 1. The number of amides is 1. The van der Waals surface area contributed by atoms with E-state index in [1.165, 1.54) is 38.2 Å². The highest BCUT2D eigenvalue weighted by Gasteiger charge is 2.34. The molecule has 0 aromatic heterocycles. The molecule has 1 aromatic rings. The van der Waals surface area contributed by atoms with Gasteiger partial charge in [-0.2, -0.15) is 0 Å².